The van der Waals surface area contributed by atoms with E-state index in [1.165, 1.54) is 32.4 Å². The van der Waals surface area contributed by atoms with Crippen molar-refractivity contribution in [1.82, 2.24) is 4.90 Å². The summed E-state index contributed by atoms with van der Waals surface area (Å²) in [6.45, 7) is 7.35. The van der Waals surface area contributed by atoms with Crippen LogP contribution in [0.4, 0.5) is 0 Å². The van der Waals surface area contributed by atoms with Crippen LogP contribution in [0.3, 0.4) is 0 Å². The van der Waals surface area contributed by atoms with Gasteiger partial charge in [-0.15, -0.1) is 0 Å². The van der Waals surface area contributed by atoms with Crippen molar-refractivity contribution in [1.29, 1.82) is 0 Å². The lowest BCUT2D eigenvalue weighted by molar-refractivity contribution is 0.321. The lowest BCUT2D eigenvalue weighted by Gasteiger charge is -2.17. The molecule has 1 saturated heterocycles. The summed E-state index contributed by atoms with van der Waals surface area (Å²) in [5.41, 5.74) is 0. The normalized spacial score (nSPS) is 29.2. The highest BCUT2D eigenvalue weighted by Crippen LogP contribution is 2.25. The summed E-state index contributed by atoms with van der Waals surface area (Å²) in [5, 5.41) is 0. The Hall–Kier alpha value is -0.0400. The average Bonchev–Trinajstić information content (AvgIpc) is 2.36. The quantitative estimate of drug-likeness (QED) is 0.605. The van der Waals surface area contributed by atoms with E-state index in [1.54, 1.807) is 0 Å². The van der Waals surface area contributed by atoms with E-state index in [1.807, 2.05) is 0 Å². The third kappa shape index (κ3) is 2.48. The molecule has 1 heterocycles. The van der Waals surface area contributed by atoms with Gasteiger partial charge in [0.15, 0.2) is 0 Å². The highest BCUT2D eigenvalue weighted by atomic mass is 15.1. The first-order valence-electron chi connectivity index (χ1n) is 4.92. The van der Waals surface area contributed by atoms with Crippen LogP contribution < -0.4 is 0 Å². The molecular weight excluding hydrogens is 134 g/mol. The van der Waals surface area contributed by atoms with Crippen LogP contribution in [0, 0.1) is 11.8 Å². The molecule has 0 saturated carbocycles. The Morgan fingerprint density at radius 1 is 1.55 bits per heavy atom. The van der Waals surface area contributed by atoms with E-state index in [0.717, 1.165) is 11.8 Å². The third-order valence-corrected chi connectivity index (χ3v) is 2.98. The smallest absolute Gasteiger partial charge is 0.000963 e. The van der Waals surface area contributed by atoms with E-state index < -0.39 is 0 Å². The summed E-state index contributed by atoms with van der Waals surface area (Å²) < 4.78 is 0. The van der Waals surface area contributed by atoms with Crippen molar-refractivity contribution >= 4 is 0 Å². The van der Waals surface area contributed by atoms with Gasteiger partial charge in [-0.3, -0.25) is 0 Å². The van der Waals surface area contributed by atoms with Gasteiger partial charge < -0.3 is 4.90 Å². The third-order valence-electron chi connectivity index (χ3n) is 2.98. The molecule has 1 rings (SSSR count). The SMILES string of the molecule is CCCC(C)[C@@H]1CCN(C)C1. The molecule has 0 aromatic carbocycles. The second kappa shape index (κ2) is 4.10. The minimum absolute atomic E-state index is 0.949. The molecule has 0 aliphatic carbocycles. The fourth-order valence-corrected chi connectivity index (χ4v) is 2.12. The zero-order valence-corrected chi connectivity index (χ0v) is 8.14. The fraction of sp³-hybridized carbons (Fsp3) is 1.00. The van der Waals surface area contributed by atoms with Gasteiger partial charge in [0.25, 0.3) is 0 Å². The van der Waals surface area contributed by atoms with Crippen LogP contribution in [0.25, 0.3) is 0 Å². The molecule has 11 heavy (non-hydrogen) atoms. The van der Waals surface area contributed by atoms with E-state index in [-0.39, 0.29) is 0 Å². The molecule has 0 N–H and O–H groups in total. The Bertz CT molecular complexity index is 111. The Balaban J connectivity index is 2.25. The van der Waals surface area contributed by atoms with Gasteiger partial charge in [0, 0.05) is 6.54 Å². The topological polar surface area (TPSA) is 3.24 Å². The fourth-order valence-electron chi connectivity index (χ4n) is 2.12. The molecule has 1 aliphatic heterocycles. The van der Waals surface area contributed by atoms with Crippen molar-refractivity contribution in [3.63, 3.8) is 0 Å². The van der Waals surface area contributed by atoms with Crippen molar-refractivity contribution in [2.24, 2.45) is 11.8 Å². The predicted molar refractivity (Wildman–Crippen MR) is 49.7 cm³/mol. The minimum Gasteiger partial charge on any atom is -0.306 e. The maximum atomic E-state index is 2.46. The van der Waals surface area contributed by atoms with Crippen molar-refractivity contribution in [2.45, 2.75) is 33.1 Å². The largest absolute Gasteiger partial charge is 0.306 e. The average molecular weight is 155 g/mol. The van der Waals surface area contributed by atoms with Gasteiger partial charge in [-0.1, -0.05) is 26.7 Å². The Kier molecular flexibility index (Phi) is 3.38. The van der Waals surface area contributed by atoms with Crippen LogP contribution in [-0.4, -0.2) is 25.0 Å². The number of nitrogens with zero attached hydrogens (tertiary/aromatic N) is 1. The van der Waals surface area contributed by atoms with Gasteiger partial charge >= 0.3 is 0 Å². The highest BCUT2D eigenvalue weighted by Gasteiger charge is 2.23. The van der Waals surface area contributed by atoms with Crippen LogP contribution in [-0.2, 0) is 0 Å². The zero-order valence-electron chi connectivity index (χ0n) is 8.14. The summed E-state index contributed by atoms with van der Waals surface area (Å²) in [6.07, 6.45) is 4.19. The van der Waals surface area contributed by atoms with Gasteiger partial charge in [0.2, 0.25) is 0 Å². The van der Waals surface area contributed by atoms with Crippen molar-refractivity contribution < 1.29 is 0 Å². The van der Waals surface area contributed by atoms with Crippen LogP contribution >= 0.6 is 0 Å². The van der Waals surface area contributed by atoms with E-state index in [4.69, 9.17) is 0 Å². The standard InChI is InChI=1S/C10H21N/c1-4-5-9(2)10-6-7-11(3)8-10/h9-10H,4-8H2,1-3H3/t9?,10-/m1/s1. The summed E-state index contributed by atoms with van der Waals surface area (Å²) in [7, 11) is 2.23. The lowest BCUT2D eigenvalue weighted by Crippen LogP contribution is -2.17. The first-order valence-corrected chi connectivity index (χ1v) is 4.92. The number of hydrogen-bond acceptors (Lipinski definition) is 1. The van der Waals surface area contributed by atoms with Gasteiger partial charge in [-0.25, -0.2) is 0 Å². The number of hydrogen-bond donors (Lipinski definition) is 0. The van der Waals surface area contributed by atoms with Crippen molar-refractivity contribution in [3.05, 3.63) is 0 Å². The van der Waals surface area contributed by atoms with E-state index >= 15 is 0 Å². The molecule has 1 nitrogen and oxygen atoms in total. The summed E-state index contributed by atoms with van der Waals surface area (Å²) in [4.78, 5) is 2.46. The molecule has 0 radical (unpaired) electrons. The molecule has 1 unspecified atom stereocenters. The van der Waals surface area contributed by atoms with Gasteiger partial charge in [0.05, 0.1) is 0 Å². The molecule has 1 heteroatoms. The van der Waals surface area contributed by atoms with E-state index in [0.29, 0.717) is 0 Å². The first-order chi connectivity index (χ1) is 5.24. The minimum atomic E-state index is 0.949. The number of rotatable bonds is 3. The van der Waals surface area contributed by atoms with Gasteiger partial charge in [-0.2, -0.15) is 0 Å². The molecule has 2 atom stereocenters. The summed E-state index contributed by atoms with van der Waals surface area (Å²) in [5.74, 6) is 1.94. The molecular formula is C10H21N. The van der Waals surface area contributed by atoms with Crippen molar-refractivity contribution in [2.75, 3.05) is 20.1 Å². The zero-order chi connectivity index (χ0) is 8.27. The monoisotopic (exact) mass is 155 g/mol. The van der Waals surface area contributed by atoms with E-state index in [9.17, 15) is 0 Å². The van der Waals surface area contributed by atoms with Crippen LogP contribution in [0.1, 0.15) is 33.1 Å². The Labute approximate surface area is 70.8 Å². The molecule has 1 fully saturated rings. The number of likely N-dealkylation sites (tertiary alicyclic amines) is 1. The van der Waals surface area contributed by atoms with Crippen molar-refractivity contribution in [3.8, 4) is 0 Å². The molecule has 66 valence electrons. The molecule has 1 aliphatic rings. The van der Waals surface area contributed by atoms with Crippen LogP contribution in [0.5, 0.6) is 0 Å². The van der Waals surface area contributed by atoms with Gasteiger partial charge in [-0.05, 0) is 31.8 Å². The molecule has 0 bridgehead atoms. The molecule has 0 aromatic heterocycles. The van der Waals surface area contributed by atoms with Crippen LogP contribution in [0.15, 0.2) is 0 Å². The second-order valence-corrected chi connectivity index (χ2v) is 4.08. The summed E-state index contributed by atoms with van der Waals surface area (Å²) in [6, 6.07) is 0. The molecule has 0 spiro atoms. The lowest BCUT2D eigenvalue weighted by atomic mass is 9.90. The maximum absolute atomic E-state index is 2.46. The summed E-state index contributed by atoms with van der Waals surface area (Å²) >= 11 is 0. The maximum Gasteiger partial charge on any atom is 0.000963 e. The molecule has 0 amide bonds. The highest BCUT2D eigenvalue weighted by molar-refractivity contribution is 4.76. The Morgan fingerprint density at radius 3 is 2.73 bits per heavy atom. The van der Waals surface area contributed by atoms with Gasteiger partial charge in [0.1, 0.15) is 0 Å². The van der Waals surface area contributed by atoms with E-state index in [2.05, 4.69) is 25.8 Å². The Morgan fingerprint density at radius 2 is 2.27 bits per heavy atom. The predicted octanol–water partition coefficient (Wildman–Crippen LogP) is 2.37. The second-order valence-electron chi connectivity index (χ2n) is 4.08. The van der Waals surface area contributed by atoms with Crippen LogP contribution in [0.2, 0.25) is 0 Å². The first kappa shape index (κ1) is 9.05. The molecule has 0 aromatic rings.